The third-order valence-electron chi connectivity index (χ3n) is 4.42. The Bertz CT molecular complexity index is 783. The van der Waals surface area contributed by atoms with Crippen LogP contribution in [0.3, 0.4) is 0 Å². The monoisotopic (exact) mass is 367 g/mol. The predicted octanol–water partition coefficient (Wildman–Crippen LogP) is 4.58. The topological polar surface area (TPSA) is 50.2 Å². The van der Waals surface area contributed by atoms with Gasteiger partial charge < -0.3 is 5.11 Å². The van der Waals surface area contributed by atoms with Gasteiger partial charge in [-0.15, -0.1) is 0 Å². The second-order valence-electron chi connectivity index (χ2n) is 5.95. The van der Waals surface area contributed by atoms with Gasteiger partial charge in [-0.3, -0.25) is 9.78 Å². The van der Waals surface area contributed by atoms with Gasteiger partial charge in [0, 0.05) is 28.2 Å². The van der Waals surface area contributed by atoms with E-state index in [9.17, 15) is 9.90 Å². The molecule has 0 fully saturated rings. The van der Waals surface area contributed by atoms with Crippen LogP contribution in [-0.4, -0.2) is 15.9 Å². The van der Waals surface area contributed by atoms with Crippen molar-refractivity contribution in [3.05, 3.63) is 63.4 Å². The van der Waals surface area contributed by atoms with Gasteiger partial charge in [0.15, 0.2) is 11.5 Å². The van der Waals surface area contributed by atoms with Crippen LogP contribution in [0.5, 0.6) is 0 Å². The van der Waals surface area contributed by atoms with Crippen LogP contribution in [0.15, 0.2) is 36.5 Å². The van der Waals surface area contributed by atoms with E-state index in [1.54, 1.807) is 24.3 Å². The van der Waals surface area contributed by atoms with Crippen molar-refractivity contribution in [1.82, 2.24) is 4.98 Å². The third kappa shape index (κ3) is 3.18. The van der Waals surface area contributed by atoms with Gasteiger partial charge in [0.1, 0.15) is 0 Å². The Hall–Kier alpha value is -1.49. The Morgan fingerprint density at radius 2 is 2.17 bits per heavy atom. The molecule has 0 radical (unpaired) electrons. The number of aryl methyl sites for hydroxylation is 1. The summed E-state index contributed by atoms with van der Waals surface area (Å²) in [5.74, 6) is -0.519. The summed E-state index contributed by atoms with van der Waals surface area (Å²) in [4.78, 5) is 16.6. The molecule has 0 saturated carbocycles. The van der Waals surface area contributed by atoms with Crippen LogP contribution in [0.1, 0.15) is 42.2 Å². The number of aliphatic hydroxyl groups is 1. The molecule has 1 N–H and O–H groups in total. The molecule has 2 aromatic rings. The standard InChI is InChI=1S/C18H16Cl2FNO2/c19-12-5-3-11(14(20)10-12)4-6-16(24)18(21)8-7-15(23)17-13(18)2-1-9-22-17/h1-3,5,9-10,15,23H,4,6-8H2/t15-,18-/m1/s1. The molecule has 6 heteroatoms. The van der Waals surface area contributed by atoms with E-state index in [0.29, 0.717) is 16.5 Å². The molecule has 0 amide bonds. The number of hydrogen-bond acceptors (Lipinski definition) is 3. The second kappa shape index (κ2) is 6.79. The second-order valence-corrected chi connectivity index (χ2v) is 6.79. The molecular weight excluding hydrogens is 352 g/mol. The van der Waals surface area contributed by atoms with Crippen LogP contribution < -0.4 is 0 Å². The highest BCUT2D eigenvalue weighted by Gasteiger charge is 2.45. The SMILES string of the molecule is O=C(CCc1ccc(Cl)cc1Cl)[C@@]1(F)CC[C@@H](O)c2ncccc21. The molecule has 1 aliphatic carbocycles. The number of carbonyl (C=O) groups is 1. The number of nitrogens with zero attached hydrogens (tertiary/aromatic N) is 1. The summed E-state index contributed by atoms with van der Waals surface area (Å²) >= 11 is 12.0. The van der Waals surface area contributed by atoms with Crippen LogP contribution in [0, 0.1) is 0 Å². The Morgan fingerprint density at radius 1 is 1.38 bits per heavy atom. The molecule has 3 rings (SSSR count). The first kappa shape index (κ1) is 17.3. The van der Waals surface area contributed by atoms with Crippen molar-refractivity contribution >= 4 is 29.0 Å². The molecule has 0 spiro atoms. The van der Waals surface area contributed by atoms with E-state index < -0.39 is 17.6 Å². The number of halogens is 3. The molecule has 126 valence electrons. The average Bonchev–Trinajstić information content (AvgIpc) is 2.57. The highest BCUT2D eigenvalue weighted by Crippen LogP contribution is 2.43. The van der Waals surface area contributed by atoms with Crippen molar-refractivity contribution in [3.63, 3.8) is 0 Å². The zero-order chi connectivity index (χ0) is 17.3. The zero-order valence-corrected chi connectivity index (χ0v) is 14.3. The van der Waals surface area contributed by atoms with Gasteiger partial charge in [0.2, 0.25) is 0 Å². The van der Waals surface area contributed by atoms with Crippen LogP contribution >= 0.6 is 23.2 Å². The van der Waals surface area contributed by atoms with Gasteiger partial charge in [-0.25, -0.2) is 4.39 Å². The molecule has 24 heavy (non-hydrogen) atoms. The Morgan fingerprint density at radius 3 is 2.92 bits per heavy atom. The van der Waals surface area contributed by atoms with E-state index in [4.69, 9.17) is 23.2 Å². The summed E-state index contributed by atoms with van der Waals surface area (Å²) in [6.07, 6.45) is 1.14. The van der Waals surface area contributed by atoms with Crippen LogP contribution in [0.25, 0.3) is 0 Å². The number of pyridine rings is 1. The largest absolute Gasteiger partial charge is 0.387 e. The first-order chi connectivity index (χ1) is 11.4. The number of alkyl halides is 1. The van der Waals surface area contributed by atoms with Crippen molar-refractivity contribution in [1.29, 1.82) is 0 Å². The minimum atomic E-state index is -2.11. The normalized spacial score (nSPS) is 22.9. The molecule has 0 bridgehead atoms. The van der Waals surface area contributed by atoms with E-state index in [1.165, 1.54) is 12.3 Å². The molecule has 1 heterocycles. The Kier molecular flexibility index (Phi) is 4.90. The van der Waals surface area contributed by atoms with Crippen molar-refractivity contribution in [2.45, 2.75) is 37.5 Å². The maximum absolute atomic E-state index is 15.4. The number of ketones is 1. The lowest BCUT2D eigenvalue weighted by Gasteiger charge is -2.32. The maximum Gasteiger partial charge on any atom is 0.195 e. The molecule has 1 aromatic carbocycles. The number of rotatable bonds is 4. The van der Waals surface area contributed by atoms with E-state index >= 15 is 4.39 Å². The van der Waals surface area contributed by atoms with Crippen molar-refractivity contribution in [2.24, 2.45) is 0 Å². The maximum atomic E-state index is 15.4. The molecule has 3 nitrogen and oxygen atoms in total. The zero-order valence-electron chi connectivity index (χ0n) is 12.8. The summed E-state index contributed by atoms with van der Waals surface area (Å²) in [6.45, 7) is 0. The lowest BCUT2D eigenvalue weighted by molar-refractivity contribution is -0.133. The molecular formula is C18H16Cl2FNO2. The fraction of sp³-hybridized carbons (Fsp3) is 0.333. The highest BCUT2D eigenvalue weighted by molar-refractivity contribution is 6.35. The summed E-state index contributed by atoms with van der Waals surface area (Å²) in [6, 6.07) is 8.13. The molecule has 2 atom stereocenters. The summed E-state index contributed by atoms with van der Waals surface area (Å²) < 4.78 is 15.4. The highest BCUT2D eigenvalue weighted by atomic mass is 35.5. The number of carbonyl (C=O) groups excluding carboxylic acids is 1. The number of fused-ring (bicyclic) bond motifs is 1. The molecule has 1 aliphatic rings. The minimum Gasteiger partial charge on any atom is -0.387 e. The van der Waals surface area contributed by atoms with Gasteiger partial charge in [-0.05, 0) is 43.0 Å². The number of hydrogen-bond donors (Lipinski definition) is 1. The lowest BCUT2D eigenvalue weighted by atomic mass is 9.77. The van der Waals surface area contributed by atoms with Gasteiger partial charge in [0.05, 0.1) is 11.8 Å². The fourth-order valence-corrected chi connectivity index (χ4v) is 3.59. The molecule has 0 aliphatic heterocycles. The van der Waals surface area contributed by atoms with E-state index in [-0.39, 0.29) is 30.5 Å². The number of aromatic nitrogens is 1. The van der Waals surface area contributed by atoms with Gasteiger partial charge in [-0.1, -0.05) is 35.3 Å². The van der Waals surface area contributed by atoms with Crippen molar-refractivity contribution in [3.8, 4) is 0 Å². The number of Topliss-reactive ketones (excluding diaryl/α,β-unsaturated/α-hetero) is 1. The molecule has 0 saturated heterocycles. The van der Waals surface area contributed by atoms with Gasteiger partial charge >= 0.3 is 0 Å². The fourth-order valence-electron chi connectivity index (χ4n) is 3.09. The lowest BCUT2D eigenvalue weighted by Crippen LogP contribution is -2.36. The van der Waals surface area contributed by atoms with Crippen molar-refractivity contribution in [2.75, 3.05) is 0 Å². The summed E-state index contributed by atoms with van der Waals surface area (Å²) in [5.41, 5.74) is -0.929. The first-order valence-electron chi connectivity index (χ1n) is 7.71. The number of aliphatic hydroxyl groups excluding tert-OH is 1. The van der Waals surface area contributed by atoms with E-state index in [2.05, 4.69) is 4.98 Å². The molecule has 1 aromatic heterocycles. The van der Waals surface area contributed by atoms with Crippen LogP contribution in [0.4, 0.5) is 4.39 Å². The minimum absolute atomic E-state index is 0.0162. The van der Waals surface area contributed by atoms with E-state index in [1.807, 2.05) is 0 Å². The average molecular weight is 368 g/mol. The quantitative estimate of drug-likeness (QED) is 0.859. The summed E-state index contributed by atoms with van der Waals surface area (Å²) in [5, 5.41) is 10.9. The van der Waals surface area contributed by atoms with Gasteiger partial charge in [0.25, 0.3) is 0 Å². The third-order valence-corrected chi connectivity index (χ3v) is 5.01. The Balaban J connectivity index is 1.81. The number of benzene rings is 1. The predicted molar refractivity (Wildman–Crippen MR) is 91.0 cm³/mol. The first-order valence-corrected chi connectivity index (χ1v) is 8.47. The van der Waals surface area contributed by atoms with Crippen LogP contribution in [0.2, 0.25) is 10.0 Å². The molecule has 0 unspecified atom stereocenters. The van der Waals surface area contributed by atoms with Crippen LogP contribution in [-0.2, 0) is 16.9 Å². The smallest absolute Gasteiger partial charge is 0.195 e. The van der Waals surface area contributed by atoms with Crippen molar-refractivity contribution < 1.29 is 14.3 Å². The van der Waals surface area contributed by atoms with Gasteiger partial charge in [-0.2, -0.15) is 0 Å². The Labute approximate surface area is 149 Å². The van der Waals surface area contributed by atoms with E-state index in [0.717, 1.165) is 5.56 Å². The summed E-state index contributed by atoms with van der Waals surface area (Å²) in [7, 11) is 0.